The van der Waals surface area contributed by atoms with Crippen molar-refractivity contribution in [3.8, 4) is 0 Å². The minimum absolute atomic E-state index is 0.204. The van der Waals surface area contributed by atoms with Crippen molar-refractivity contribution in [3.05, 3.63) is 31.3 Å². The Kier molecular flexibility index (Phi) is 3.27. The Bertz CT molecular complexity index is 333. The number of rotatable bonds is 0. The summed E-state index contributed by atoms with van der Waals surface area (Å²) in [7, 11) is 0. The van der Waals surface area contributed by atoms with Crippen LogP contribution in [0.5, 0.6) is 0 Å². The van der Waals surface area contributed by atoms with Crippen molar-refractivity contribution >= 4 is 38.5 Å². The van der Waals surface area contributed by atoms with E-state index in [-0.39, 0.29) is 3.57 Å². The van der Waals surface area contributed by atoms with Crippen LogP contribution in [-0.4, -0.2) is 0 Å². The van der Waals surface area contributed by atoms with Gasteiger partial charge in [-0.3, -0.25) is 0 Å². The zero-order chi connectivity index (χ0) is 10.2. The fourth-order valence-corrected chi connectivity index (χ4v) is 2.12. The fourth-order valence-electron chi connectivity index (χ4n) is 0.931. The van der Waals surface area contributed by atoms with Crippen LogP contribution in [0.2, 0.25) is 0 Å². The maximum absolute atomic E-state index is 12.4. The van der Waals surface area contributed by atoms with Crippen LogP contribution in [0.3, 0.4) is 0 Å². The van der Waals surface area contributed by atoms with Gasteiger partial charge in [-0.25, -0.2) is 0 Å². The van der Waals surface area contributed by atoms with E-state index in [2.05, 4.69) is 15.9 Å². The minimum Gasteiger partial charge on any atom is -0.166 e. The van der Waals surface area contributed by atoms with Crippen LogP contribution in [0.15, 0.2) is 16.6 Å². The second-order valence-electron chi connectivity index (χ2n) is 2.61. The lowest BCUT2D eigenvalue weighted by molar-refractivity contribution is -0.138. The standard InChI is InChI=1S/C8H5BrF3I/c1-4-2-5(8(10,11)12)7(13)6(9)3-4/h2-3H,1H3. The monoisotopic (exact) mass is 364 g/mol. The van der Waals surface area contributed by atoms with Gasteiger partial charge in [0.05, 0.1) is 5.56 Å². The van der Waals surface area contributed by atoms with E-state index >= 15 is 0 Å². The summed E-state index contributed by atoms with van der Waals surface area (Å²) in [5, 5.41) is 0. The third-order valence-corrected chi connectivity index (χ3v) is 4.01. The van der Waals surface area contributed by atoms with Gasteiger partial charge in [0, 0.05) is 8.04 Å². The molecule has 0 N–H and O–H groups in total. The van der Waals surface area contributed by atoms with E-state index in [0.29, 0.717) is 10.0 Å². The van der Waals surface area contributed by atoms with Crippen molar-refractivity contribution < 1.29 is 13.2 Å². The van der Waals surface area contributed by atoms with E-state index in [9.17, 15) is 13.2 Å². The first kappa shape index (κ1) is 11.3. The van der Waals surface area contributed by atoms with Gasteiger partial charge >= 0.3 is 6.18 Å². The van der Waals surface area contributed by atoms with E-state index < -0.39 is 11.7 Å². The van der Waals surface area contributed by atoms with E-state index in [0.717, 1.165) is 6.07 Å². The predicted molar refractivity (Wildman–Crippen MR) is 56.6 cm³/mol. The number of alkyl halides is 3. The number of halogens is 5. The molecule has 0 aromatic heterocycles. The largest absolute Gasteiger partial charge is 0.417 e. The zero-order valence-electron chi connectivity index (χ0n) is 6.54. The second-order valence-corrected chi connectivity index (χ2v) is 4.54. The average molecular weight is 365 g/mol. The summed E-state index contributed by atoms with van der Waals surface area (Å²) >= 11 is 4.76. The minimum atomic E-state index is -4.27. The molecule has 0 saturated carbocycles. The molecule has 0 aliphatic carbocycles. The smallest absolute Gasteiger partial charge is 0.166 e. The first-order valence-electron chi connectivity index (χ1n) is 3.35. The first-order valence-corrected chi connectivity index (χ1v) is 5.22. The molecule has 1 aromatic carbocycles. The van der Waals surface area contributed by atoms with Gasteiger partial charge in [0.1, 0.15) is 0 Å². The highest BCUT2D eigenvalue weighted by Gasteiger charge is 2.33. The summed E-state index contributed by atoms with van der Waals surface area (Å²) in [6, 6.07) is 2.81. The number of hydrogen-bond donors (Lipinski definition) is 0. The Morgan fingerprint density at radius 3 is 2.31 bits per heavy atom. The molecule has 1 aromatic rings. The van der Waals surface area contributed by atoms with E-state index in [4.69, 9.17) is 0 Å². The van der Waals surface area contributed by atoms with Crippen LogP contribution in [0.4, 0.5) is 13.2 Å². The highest BCUT2D eigenvalue weighted by Crippen LogP contribution is 2.36. The van der Waals surface area contributed by atoms with Gasteiger partial charge in [-0.1, -0.05) is 0 Å². The molecule has 5 heteroatoms. The second kappa shape index (κ2) is 3.76. The fraction of sp³-hybridized carbons (Fsp3) is 0.250. The summed E-state index contributed by atoms with van der Waals surface area (Å²) in [4.78, 5) is 0. The Hall–Kier alpha value is 0.220. The van der Waals surface area contributed by atoms with Crippen molar-refractivity contribution in [1.29, 1.82) is 0 Å². The van der Waals surface area contributed by atoms with Gasteiger partial charge in [-0.15, -0.1) is 0 Å². The quantitative estimate of drug-likeness (QED) is 0.599. The van der Waals surface area contributed by atoms with Gasteiger partial charge < -0.3 is 0 Å². The number of hydrogen-bond acceptors (Lipinski definition) is 0. The molecule has 72 valence electrons. The summed E-state index contributed by atoms with van der Waals surface area (Å²) in [6.07, 6.45) is -4.27. The van der Waals surface area contributed by atoms with E-state index in [1.165, 1.54) is 0 Å². The number of benzene rings is 1. The van der Waals surface area contributed by atoms with Crippen LogP contribution < -0.4 is 0 Å². The molecule has 0 saturated heterocycles. The molecule has 0 unspecified atom stereocenters. The van der Waals surface area contributed by atoms with Crippen LogP contribution in [-0.2, 0) is 6.18 Å². The predicted octanol–water partition coefficient (Wildman–Crippen LogP) is 4.38. The van der Waals surface area contributed by atoms with E-state index in [1.54, 1.807) is 35.6 Å². The highest BCUT2D eigenvalue weighted by atomic mass is 127. The molecular weight excluding hydrogens is 360 g/mol. The maximum atomic E-state index is 12.4. The normalized spacial score (nSPS) is 11.8. The Labute approximate surface area is 95.8 Å². The number of aryl methyl sites for hydroxylation is 1. The topological polar surface area (TPSA) is 0 Å². The van der Waals surface area contributed by atoms with Crippen LogP contribution in [0.25, 0.3) is 0 Å². The molecule has 0 spiro atoms. The third-order valence-electron chi connectivity index (χ3n) is 1.48. The van der Waals surface area contributed by atoms with Gasteiger partial charge in [0.2, 0.25) is 0 Å². The Balaban J connectivity index is 3.37. The van der Waals surface area contributed by atoms with E-state index in [1.807, 2.05) is 0 Å². The van der Waals surface area contributed by atoms with Crippen molar-refractivity contribution in [2.75, 3.05) is 0 Å². The highest BCUT2D eigenvalue weighted by molar-refractivity contribution is 14.1. The lowest BCUT2D eigenvalue weighted by Gasteiger charge is -2.11. The van der Waals surface area contributed by atoms with Crippen LogP contribution in [0, 0.1) is 10.5 Å². The van der Waals surface area contributed by atoms with Crippen molar-refractivity contribution in [1.82, 2.24) is 0 Å². The summed E-state index contributed by atoms with van der Waals surface area (Å²) in [5.41, 5.74) is 0.0135. The lowest BCUT2D eigenvalue weighted by atomic mass is 10.1. The average Bonchev–Trinajstić information content (AvgIpc) is 1.94. The molecule has 0 bridgehead atoms. The molecule has 0 nitrogen and oxygen atoms in total. The lowest BCUT2D eigenvalue weighted by Crippen LogP contribution is -2.08. The summed E-state index contributed by atoms with van der Waals surface area (Å²) in [5.74, 6) is 0. The van der Waals surface area contributed by atoms with Gasteiger partial charge in [0.15, 0.2) is 0 Å². The van der Waals surface area contributed by atoms with Crippen LogP contribution in [0.1, 0.15) is 11.1 Å². The third kappa shape index (κ3) is 2.59. The molecule has 0 radical (unpaired) electrons. The van der Waals surface area contributed by atoms with Crippen molar-refractivity contribution in [2.24, 2.45) is 0 Å². The molecule has 0 fully saturated rings. The maximum Gasteiger partial charge on any atom is 0.417 e. The summed E-state index contributed by atoms with van der Waals surface area (Å²) < 4.78 is 37.8. The molecule has 0 amide bonds. The SMILES string of the molecule is Cc1cc(Br)c(I)c(C(F)(F)F)c1. The molecule has 0 atom stereocenters. The van der Waals surface area contributed by atoms with Crippen molar-refractivity contribution in [2.45, 2.75) is 13.1 Å². The molecule has 1 rings (SSSR count). The van der Waals surface area contributed by atoms with Gasteiger partial charge in [-0.05, 0) is 63.1 Å². The molecule has 13 heavy (non-hydrogen) atoms. The Morgan fingerprint density at radius 1 is 1.31 bits per heavy atom. The zero-order valence-corrected chi connectivity index (χ0v) is 10.3. The molecule has 0 aliphatic rings. The molecule has 0 heterocycles. The van der Waals surface area contributed by atoms with Gasteiger partial charge in [-0.2, -0.15) is 13.2 Å². The van der Waals surface area contributed by atoms with Gasteiger partial charge in [0.25, 0.3) is 0 Å². The molecule has 0 aliphatic heterocycles. The molecular formula is C8H5BrF3I. The van der Waals surface area contributed by atoms with Crippen molar-refractivity contribution in [3.63, 3.8) is 0 Å². The summed E-state index contributed by atoms with van der Waals surface area (Å²) in [6.45, 7) is 1.64. The Morgan fingerprint density at radius 2 is 1.85 bits per heavy atom. The van der Waals surface area contributed by atoms with Crippen LogP contribution >= 0.6 is 38.5 Å². The first-order chi connectivity index (χ1) is 5.82.